The van der Waals surface area contributed by atoms with Crippen LogP contribution < -0.4 is 10.6 Å². The Morgan fingerprint density at radius 1 is 1.14 bits per heavy atom. The summed E-state index contributed by atoms with van der Waals surface area (Å²) in [6, 6.07) is 15.2. The summed E-state index contributed by atoms with van der Waals surface area (Å²) in [7, 11) is 1.88. The quantitative estimate of drug-likeness (QED) is 0.552. The molecule has 0 spiro atoms. The number of benzene rings is 2. The Hall–Kier alpha value is -2.39. The van der Waals surface area contributed by atoms with Crippen LogP contribution in [-0.4, -0.2) is 12.5 Å². The highest BCUT2D eigenvalue weighted by molar-refractivity contribution is 7.78. The molecule has 22 heavy (non-hydrogen) atoms. The third kappa shape index (κ3) is 2.68. The molecule has 1 aliphatic rings. The van der Waals surface area contributed by atoms with Gasteiger partial charge in [-0.2, -0.15) is 0 Å². The predicted molar refractivity (Wildman–Crippen MR) is 97.7 cm³/mol. The third-order valence-electron chi connectivity index (χ3n) is 3.96. The van der Waals surface area contributed by atoms with E-state index in [-0.39, 0.29) is 0 Å². The molecule has 2 aromatic rings. The molecular formula is C19H18N2S. The van der Waals surface area contributed by atoms with Crippen molar-refractivity contribution in [2.45, 2.75) is 6.42 Å². The molecule has 0 amide bonds. The maximum atomic E-state index is 4.82. The van der Waals surface area contributed by atoms with Crippen LogP contribution in [0.15, 0.2) is 60.4 Å². The van der Waals surface area contributed by atoms with Crippen LogP contribution >= 0.6 is 12.2 Å². The van der Waals surface area contributed by atoms with Gasteiger partial charge in [0.05, 0.1) is 16.9 Å². The average Bonchev–Trinajstić information content (AvgIpc) is 2.90. The summed E-state index contributed by atoms with van der Waals surface area (Å²) in [6.07, 6.45) is 3.10. The minimum absolute atomic E-state index is 0.762. The molecule has 0 unspecified atom stereocenters. The van der Waals surface area contributed by atoms with Crippen LogP contribution in [0.5, 0.6) is 0 Å². The van der Waals surface area contributed by atoms with Gasteiger partial charge in [-0.25, -0.2) is 0 Å². The van der Waals surface area contributed by atoms with Crippen molar-refractivity contribution in [3.8, 4) is 11.1 Å². The number of likely N-dealkylation sites (N-methyl/N-ethyl adjacent to an activating group) is 1. The largest absolute Gasteiger partial charge is 0.386 e. The molecule has 0 heterocycles. The maximum Gasteiger partial charge on any atom is 0.0659 e. The van der Waals surface area contributed by atoms with E-state index < -0.39 is 0 Å². The first-order valence-electron chi connectivity index (χ1n) is 7.23. The second-order valence-corrected chi connectivity index (χ2v) is 5.53. The van der Waals surface area contributed by atoms with Gasteiger partial charge < -0.3 is 10.6 Å². The van der Waals surface area contributed by atoms with Crippen LogP contribution in [0.4, 0.5) is 0 Å². The van der Waals surface area contributed by atoms with Crippen LogP contribution in [0.2, 0.25) is 0 Å². The van der Waals surface area contributed by atoms with E-state index in [4.69, 9.17) is 12.2 Å². The Morgan fingerprint density at radius 2 is 1.91 bits per heavy atom. The van der Waals surface area contributed by atoms with E-state index in [0.29, 0.717) is 0 Å². The zero-order valence-corrected chi connectivity index (χ0v) is 13.3. The lowest BCUT2D eigenvalue weighted by atomic mass is 10.0. The van der Waals surface area contributed by atoms with E-state index in [1.165, 1.54) is 27.7 Å². The first-order valence-corrected chi connectivity index (χ1v) is 7.70. The van der Waals surface area contributed by atoms with Crippen molar-refractivity contribution in [1.29, 1.82) is 0 Å². The highest BCUT2D eigenvalue weighted by Crippen LogP contribution is 2.37. The van der Waals surface area contributed by atoms with Crippen molar-refractivity contribution in [1.82, 2.24) is 10.6 Å². The van der Waals surface area contributed by atoms with Gasteiger partial charge in [0.2, 0.25) is 0 Å². The smallest absolute Gasteiger partial charge is 0.0659 e. The normalized spacial score (nSPS) is 12.3. The fourth-order valence-electron chi connectivity index (χ4n) is 2.86. The fraction of sp³-hybridized carbons (Fsp3) is 0.105. The van der Waals surface area contributed by atoms with Gasteiger partial charge in [-0.1, -0.05) is 55.2 Å². The lowest BCUT2D eigenvalue weighted by molar-refractivity contribution is 0.977. The standard InChI is InChI=1S/C19H18N2S/c1-13(21-12-22)19(20-2)10-14-7-8-16-11-15-5-3-4-6-17(15)18(16)9-14/h3-10,12,20H,1,11H2,2H3,(H,21,22)/b19-10-. The van der Waals surface area contributed by atoms with Crippen molar-refractivity contribution in [3.05, 3.63) is 77.1 Å². The molecule has 3 heteroatoms. The predicted octanol–water partition coefficient (Wildman–Crippen LogP) is 3.88. The lowest BCUT2D eigenvalue weighted by Gasteiger charge is -2.10. The van der Waals surface area contributed by atoms with Gasteiger partial charge in [0.15, 0.2) is 0 Å². The van der Waals surface area contributed by atoms with E-state index in [0.717, 1.165) is 23.4 Å². The van der Waals surface area contributed by atoms with Crippen molar-refractivity contribution >= 4 is 23.8 Å². The second kappa shape index (κ2) is 6.16. The van der Waals surface area contributed by atoms with Gasteiger partial charge in [0.1, 0.15) is 0 Å². The molecule has 2 N–H and O–H groups in total. The number of rotatable bonds is 5. The zero-order valence-electron chi connectivity index (χ0n) is 12.5. The molecule has 0 bridgehead atoms. The number of thiocarbonyl (C=S) groups is 1. The molecule has 2 aromatic carbocycles. The molecule has 0 aliphatic heterocycles. The van der Waals surface area contributed by atoms with Gasteiger partial charge in [-0.05, 0) is 46.4 Å². The Bertz CT molecular complexity index is 775. The van der Waals surface area contributed by atoms with Gasteiger partial charge in [-0.15, -0.1) is 0 Å². The van der Waals surface area contributed by atoms with E-state index in [9.17, 15) is 0 Å². The van der Waals surface area contributed by atoms with Crippen molar-refractivity contribution in [2.24, 2.45) is 0 Å². The van der Waals surface area contributed by atoms with E-state index in [1.807, 2.05) is 7.05 Å². The minimum atomic E-state index is 0.762. The number of nitrogens with one attached hydrogen (secondary N) is 2. The Labute approximate surface area is 136 Å². The number of hydrogen-bond acceptors (Lipinski definition) is 2. The lowest BCUT2D eigenvalue weighted by Crippen LogP contribution is -2.18. The molecular weight excluding hydrogens is 288 g/mol. The Morgan fingerprint density at radius 3 is 2.68 bits per heavy atom. The van der Waals surface area contributed by atoms with Crippen molar-refractivity contribution in [2.75, 3.05) is 7.05 Å². The summed E-state index contributed by atoms with van der Waals surface area (Å²) >= 11 is 4.82. The van der Waals surface area contributed by atoms with Gasteiger partial charge in [0, 0.05) is 7.05 Å². The zero-order chi connectivity index (χ0) is 15.5. The molecule has 0 saturated heterocycles. The maximum absolute atomic E-state index is 4.82. The average molecular weight is 306 g/mol. The van der Waals surface area contributed by atoms with Crippen molar-refractivity contribution in [3.63, 3.8) is 0 Å². The highest BCUT2D eigenvalue weighted by Gasteiger charge is 2.17. The molecule has 0 saturated carbocycles. The van der Waals surface area contributed by atoms with Crippen LogP contribution in [0.3, 0.4) is 0 Å². The summed E-state index contributed by atoms with van der Waals surface area (Å²) in [4.78, 5) is 0. The van der Waals surface area contributed by atoms with E-state index >= 15 is 0 Å². The first-order chi connectivity index (χ1) is 10.7. The topological polar surface area (TPSA) is 24.1 Å². The van der Waals surface area contributed by atoms with Crippen LogP contribution in [0.25, 0.3) is 17.2 Å². The Balaban J connectivity index is 1.99. The van der Waals surface area contributed by atoms with E-state index in [2.05, 4.69) is 65.8 Å². The van der Waals surface area contributed by atoms with Gasteiger partial charge in [-0.3, -0.25) is 0 Å². The monoisotopic (exact) mass is 306 g/mol. The summed E-state index contributed by atoms with van der Waals surface area (Å²) in [6.45, 7) is 3.98. The van der Waals surface area contributed by atoms with Gasteiger partial charge in [0.25, 0.3) is 0 Å². The van der Waals surface area contributed by atoms with Crippen LogP contribution in [0.1, 0.15) is 16.7 Å². The molecule has 1 aliphatic carbocycles. The Kier molecular flexibility index (Phi) is 4.07. The molecule has 0 atom stereocenters. The molecule has 110 valence electrons. The molecule has 0 fully saturated rings. The minimum Gasteiger partial charge on any atom is -0.386 e. The summed E-state index contributed by atoms with van der Waals surface area (Å²) in [5.41, 5.74) is 9.76. The number of fused-ring (bicyclic) bond motifs is 3. The molecule has 0 radical (unpaired) electrons. The van der Waals surface area contributed by atoms with Gasteiger partial charge >= 0.3 is 0 Å². The third-order valence-corrected chi connectivity index (χ3v) is 4.08. The van der Waals surface area contributed by atoms with Crippen molar-refractivity contribution < 1.29 is 0 Å². The summed E-state index contributed by atoms with van der Waals surface area (Å²) in [5, 5.41) is 6.10. The van der Waals surface area contributed by atoms with E-state index in [1.54, 1.807) is 0 Å². The summed E-state index contributed by atoms with van der Waals surface area (Å²) < 4.78 is 0. The SMILES string of the molecule is C=C(NC=S)/C(=C/c1ccc2c(c1)-c1ccccc1C2)NC. The molecule has 3 rings (SSSR count). The van der Waals surface area contributed by atoms with Crippen LogP contribution in [-0.2, 0) is 6.42 Å². The molecule has 2 nitrogen and oxygen atoms in total. The number of hydrogen-bond donors (Lipinski definition) is 2. The first kappa shape index (κ1) is 14.5. The second-order valence-electron chi connectivity index (χ2n) is 5.30. The van der Waals surface area contributed by atoms with Crippen LogP contribution in [0, 0.1) is 0 Å². The molecule has 0 aromatic heterocycles. The summed E-state index contributed by atoms with van der Waals surface area (Å²) in [5.74, 6) is 0. The fourth-order valence-corrected chi connectivity index (χ4v) is 3.00. The highest BCUT2D eigenvalue weighted by atomic mass is 32.1.